The molecule has 0 atom stereocenters. The van der Waals surface area contributed by atoms with Gasteiger partial charge in [0.25, 0.3) is 0 Å². The molecule has 3 N–H and O–H groups in total. The highest BCUT2D eigenvalue weighted by molar-refractivity contribution is 6.36. The molecule has 15 nitrogen and oxygen atoms in total. The first-order valence-corrected chi connectivity index (χ1v) is 31.3. The van der Waals surface area contributed by atoms with Crippen LogP contribution >= 0.6 is 34.8 Å². The van der Waals surface area contributed by atoms with Crippen molar-refractivity contribution in [1.82, 2.24) is 44.9 Å². The number of H-pyrrole nitrogens is 3. The fourth-order valence-corrected chi connectivity index (χ4v) is 13.1. The van der Waals surface area contributed by atoms with Crippen LogP contribution in [0.2, 0.25) is 15.1 Å². The van der Waals surface area contributed by atoms with Gasteiger partial charge in [-0.15, -0.1) is 0 Å². The highest BCUT2D eigenvalue weighted by Gasteiger charge is 2.27. The monoisotopic (exact) mass is 1300 g/mol. The number of benzene rings is 6. The van der Waals surface area contributed by atoms with Gasteiger partial charge in [-0.25, -0.2) is 15.0 Å². The Balaban J connectivity index is 0.815. The predicted octanol–water partition coefficient (Wildman–Crippen LogP) is 17.4. The number of aromatic amines is 3. The smallest absolute Gasteiger partial charge is 0.232 e. The van der Waals surface area contributed by atoms with Crippen LogP contribution in [0.25, 0.3) is 155 Å². The lowest BCUT2D eigenvalue weighted by Crippen LogP contribution is -2.10. The number of aromatic nitrogens is 9. The summed E-state index contributed by atoms with van der Waals surface area (Å²) in [6.07, 6.45) is 19.8. The lowest BCUT2D eigenvalue weighted by molar-refractivity contribution is 0.292. The number of hydrogen-bond donors (Lipinski definition) is 3. The SMILES string of the molecule is C#COc1c(-c2cc(Cl)c3ncc(-c4cccc(-c5nc6[nH]cc(OCC=C)c(=O)c6cc5-c5cc(Cl)c6ncc(-c7cccc(-c8nc9[nH]c(OC%10CC%10)cc(=O)c9cc8-c8cc(Cl)c9ncccc9c8)c7)cc6c5)c4)cc3c2)c(-c2ccccc2)nc2[nH]ccc(=O)c12. The molecule has 0 radical (unpaired) electrons. The summed E-state index contributed by atoms with van der Waals surface area (Å²) in [6.45, 7) is 3.88. The van der Waals surface area contributed by atoms with E-state index >= 15 is 0 Å². The Morgan fingerprint density at radius 3 is 1.80 bits per heavy atom. The third-order valence-corrected chi connectivity index (χ3v) is 17.7. The molecule has 456 valence electrons. The number of ether oxygens (including phenoxy) is 3. The average molecular weight is 1300 g/mol. The standard InChI is InChI=1S/C77H46Cl3N9O6/c1-3-23-94-63-39-85-75-57(73(63)92)35-55(67(87-75)43-15-8-13-41(24-43)52-30-50-28-48(33-60(80)71(50)84-38-52)65-72(40-11-6-5-7-12-40)89-77-66(74(65)93-4-2)61(90)20-22-82-77)47-27-49-29-51(37-83-70(49)59(79)32-47)42-14-9-16-44(25-42)68-54(46-26-45-17-10-21-81-69(45)58(78)31-46)34-56-62(91)36-64(86-76(56)88-68)95-53-18-19-53/h2-3,5-17,20-22,24-39,53H,1,18-19,23H2,(H,82,89,90)(H,85,87,92)(H,86,88,91). The zero-order valence-electron chi connectivity index (χ0n) is 49.8. The molecule has 9 aromatic heterocycles. The van der Waals surface area contributed by atoms with Crippen molar-refractivity contribution in [2.75, 3.05) is 6.61 Å². The minimum atomic E-state index is -0.367. The minimum Gasteiger partial charge on any atom is -0.484 e. The summed E-state index contributed by atoms with van der Waals surface area (Å²) < 4.78 is 17.8. The molecular formula is C77H46Cl3N9O6. The van der Waals surface area contributed by atoms with Crippen molar-refractivity contribution in [3.05, 3.63) is 253 Å². The Hall–Kier alpha value is -11.8. The fourth-order valence-electron chi connectivity index (χ4n) is 12.3. The molecule has 1 saturated carbocycles. The first kappa shape index (κ1) is 58.3. The van der Waals surface area contributed by atoms with E-state index in [-0.39, 0.29) is 51.3 Å². The zero-order valence-corrected chi connectivity index (χ0v) is 52.1. The second-order valence-corrected chi connectivity index (χ2v) is 24.2. The van der Waals surface area contributed by atoms with E-state index in [1.54, 1.807) is 30.7 Å². The van der Waals surface area contributed by atoms with Crippen LogP contribution < -0.4 is 30.5 Å². The summed E-state index contributed by atoms with van der Waals surface area (Å²) in [6, 6.07) is 51.0. The zero-order chi connectivity index (χ0) is 64.6. The molecule has 0 aliphatic heterocycles. The summed E-state index contributed by atoms with van der Waals surface area (Å²) in [5.74, 6) is 0.622. The number of halogens is 3. The van der Waals surface area contributed by atoms with Crippen LogP contribution in [0.3, 0.4) is 0 Å². The number of hydrogen-bond acceptors (Lipinski definition) is 12. The second-order valence-electron chi connectivity index (χ2n) is 23.0. The maximum atomic E-state index is 14.3. The molecule has 6 aromatic carbocycles. The quantitative estimate of drug-likeness (QED) is 0.0687. The number of terminal acetylenes is 1. The van der Waals surface area contributed by atoms with Crippen molar-refractivity contribution in [3.8, 4) is 119 Å². The van der Waals surface area contributed by atoms with E-state index in [4.69, 9.17) is 80.4 Å². The third kappa shape index (κ3) is 10.7. The molecule has 0 unspecified atom stereocenters. The number of pyridine rings is 9. The van der Waals surface area contributed by atoms with Crippen molar-refractivity contribution in [2.24, 2.45) is 0 Å². The van der Waals surface area contributed by atoms with Gasteiger partial charge in [0, 0.05) is 98.2 Å². The topological polar surface area (TPSA) is 204 Å². The van der Waals surface area contributed by atoms with E-state index in [1.807, 2.05) is 146 Å². The van der Waals surface area contributed by atoms with Gasteiger partial charge in [-0.05, 0) is 120 Å². The molecule has 1 fully saturated rings. The molecule has 0 saturated heterocycles. The highest BCUT2D eigenvalue weighted by atomic mass is 35.5. The molecule has 18 heteroatoms. The predicted molar refractivity (Wildman–Crippen MR) is 377 cm³/mol. The fraction of sp³-hybridized carbons (Fsp3) is 0.0519. The van der Waals surface area contributed by atoms with Gasteiger partial charge in [-0.1, -0.05) is 127 Å². The summed E-state index contributed by atoms with van der Waals surface area (Å²) >= 11 is 21.4. The van der Waals surface area contributed by atoms with Crippen LogP contribution in [0.1, 0.15) is 12.8 Å². The summed E-state index contributed by atoms with van der Waals surface area (Å²) in [4.78, 5) is 81.0. The van der Waals surface area contributed by atoms with E-state index in [1.165, 1.54) is 24.5 Å². The molecule has 0 bridgehead atoms. The first-order valence-electron chi connectivity index (χ1n) is 30.2. The van der Waals surface area contributed by atoms with Crippen LogP contribution in [0.4, 0.5) is 0 Å². The molecule has 1 aliphatic carbocycles. The Kier molecular flexibility index (Phi) is 14.5. The molecule has 15 aromatic rings. The lowest BCUT2D eigenvalue weighted by atomic mass is 9.93. The normalized spacial score (nSPS) is 12.2. The Labute approximate surface area is 554 Å². The molecule has 95 heavy (non-hydrogen) atoms. The minimum absolute atomic E-state index is 0.0519. The Morgan fingerprint density at radius 2 is 1.14 bits per heavy atom. The van der Waals surface area contributed by atoms with Gasteiger partial charge in [-0.3, -0.25) is 29.3 Å². The molecule has 0 amide bonds. The van der Waals surface area contributed by atoms with Gasteiger partial charge in [0.05, 0.1) is 65.0 Å². The van der Waals surface area contributed by atoms with Crippen LogP contribution in [0.5, 0.6) is 17.4 Å². The van der Waals surface area contributed by atoms with Crippen LogP contribution in [-0.2, 0) is 0 Å². The van der Waals surface area contributed by atoms with Crippen molar-refractivity contribution in [3.63, 3.8) is 0 Å². The van der Waals surface area contributed by atoms with E-state index in [2.05, 4.69) is 32.6 Å². The molecule has 9 heterocycles. The Bertz CT molecular complexity index is 6010. The maximum Gasteiger partial charge on any atom is 0.232 e. The van der Waals surface area contributed by atoms with Crippen LogP contribution in [0.15, 0.2) is 222 Å². The molecule has 0 spiro atoms. The molecule has 16 rings (SSSR count). The van der Waals surface area contributed by atoms with Gasteiger partial charge < -0.3 is 29.2 Å². The van der Waals surface area contributed by atoms with E-state index in [9.17, 15) is 14.4 Å². The maximum absolute atomic E-state index is 14.3. The average Bonchev–Trinajstić information content (AvgIpc) is 1.55. The molecular weight excluding hydrogens is 1250 g/mol. The van der Waals surface area contributed by atoms with Gasteiger partial charge in [0.1, 0.15) is 41.1 Å². The lowest BCUT2D eigenvalue weighted by Gasteiger charge is -2.17. The summed E-state index contributed by atoms with van der Waals surface area (Å²) in [5.41, 5.74) is 12.5. The number of rotatable bonds is 14. The number of nitrogens with zero attached hydrogens (tertiary/aromatic N) is 6. The van der Waals surface area contributed by atoms with Gasteiger partial charge in [-0.2, -0.15) is 0 Å². The van der Waals surface area contributed by atoms with Crippen LogP contribution in [0, 0.1) is 12.5 Å². The first-order chi connectivity index (χ1) is 46.4. The second kappa shape index (κ2) is 23.7. The Morgan fingerprint density at radius 1 is 0.547 bits per heavy atom. The van der Waals surface area contributed by atoms with Crippen molar-refractivity contribution < 1.29 is 14.2 Å². The largest absolute Gasteiger partial charge is 0.484 e. The van der Waals surface area contributed by atoms with Gasteiger partial charge in [0.15, 0.2) is 28.2 Å². The van der Waals surface area contributed by atoms with E-state index in [0.29, 0.717) is 121 Å². The third-order valence-electron chi connectivity index (χ3n) is 16.8. The van der Waals surface area contributed by atoms with E-state index < -0.39 is 0 Å². The van der Waals surface area contributed by atoms with Crippen molar-refractivity contribution in [1.29, 1.82) is 0 Å². The van der Waals surface area contributed by atoms with Gasteiger partial charge in [0.2, 0.25) is 5.43 Å². The van der Waals surface area contributed by atoms with Crippen LogP contribution in [-0.4, -0.2) is 57.6 Å². The highest BCUT2D eigenvalue weighted by Crippen LogP contribution is 2.46. The summed E-state index contributed by atoms with van der Waals surface area (Å²) in [5, 5.41) is 4.24. The van der Waals surface area contributed by atoms with E-state index in [0.717, 1.165) is 57.2 Å². The molecule has 1 aliphatic rings. The van der Waals surface area contributed by atoms with Crippen molar-refractivity contribution >= 4 is 101 Å². The number of fused-ring (bicyclic) bond motifs is 6. The number of nitrogens with one attached hydrogen (secondary N) is 3. The van der Waals surface area contributed by atoms with Crippen molar-refractivity contribution in [2.45, 2.75) is 18.9 Å². The summed E-state index contributed by atoms with van der Waals surface area (Å²) in [7, 11) is 0. The van der Waals surface area contributed by atoms with Gasteiger partial charge >= 0.3 is 0 Å².